The third kappa shape index (κ3) is 2.50. The van der Waals surface area contributed by atoms with E-state index < -0.39 is 15.8 Å². The molecule has 0 spiro atoms. The summed E-state index contributed by atoms with van der Waals surface area (Å²) in [6.07, 6.45) is 2.91. The average molecular weight is 258 g/mol. The molecule has 2 rings (SSSR count). The molecule has 1 saturated heterocycles. The van der Waals surface area contributed by atoms with Gasteiger partial charge in [-0.3, -0.25) is 9.78 Å². The van der Waals surface area contributed by atoms with Crippen molar-refractivity contribution in [2.24, 2.45) is 0 Å². The standard InChI is InChI=1S/C10H11FN2O3S/c11-8-4-10(6-12-5-8)17(15,16)13-3-1-2-9(14)7-13/h4-6H,1-3,7H2. The van der Waals surface area contributed by atoms with Crippen LogP contribution in [0.2, 0.25) is 0 Å². The van der Waals surface area contributed by atoms with Gasteiger partial charge >= 0.3 is 0 Å². The number of Topliss-reactive ketones (excluding diaryl/α,β-unsaturated/α-hetero) is 1. The van der Waals surface area contributed by atoms with E-state index in [-0.39, 0.29) is 23.8 Å². The lowest BCUT2D eigenvalue weighted by Crippen LogP contribution is -2.40. The first-order valence-electron chi connectivity index (χ1n) is 5.12. The van der Waals surface area contributed by atoms with E-state index in [2.05, 4.69) is 4.98 Å². The summed E-state index contributed by atoms with van der Waals surface area (Å²) >= 11 is 0. The van der Waals surface area contributed by atoms with Crippen molar-refractivity contribution < 1.29 is 17.6 Å². The molecule has 17 heavy (non-hydrogen) atoms. The van der Waals surface area contributed by atoms with Gasteiger partial charge in [-0.25, -0.2) is 12.8 Å². The molecule has 1 aliphatic heterocycles. The van der Waals surface area contributed by atoms with Gasteiger partial charge in [-0.05, 0) is 12.5 Å². The normalized spacial score (nSPS) is 18.3. The number of carbonyl (C=O) groups is 1. The summed E-state index contributed by atoms with van der Waals surface area (Å²) in [5.41, 5.74) is 0. The van der Waals surface area contributed by atoms with E-state index >= 15 is 0 Å². The van der Waals surface area contributed by atoms with Crippen LogP contribution in [-0.2, 0) is 14.8 Å². The molecule has 0 aliphatic carbocycles. The quantitative estimate of drug-likeness (QED) is 0.778. The Kier molecular flexibility index (Phi) is 3.21. The van der Waals surface area contributed by atoms with Crippen LogP contribution in [0.25, 0.3) is 0 Å². The first kappa shape index (κ1) is 12.1. The summed E-state index contributed by atoms with van der Waals surface area (Å²) in [5.74, 6) is -0.835. The van der Waals surface area contributed by atoms with E-state index in [4.69, 9.17) is 0 Å². The minimum atomic E-state index is -3.81. The lowest BCUT2D eigenvalue weighted by atomic mass is 10.1. The summed E-state index contributed by atoms with van der Waals surface area (Å²) in [7, 11) is -3.81. The van der Waals surface area contributed by atoms with Gasteiger partial charge in [-0.15, -0.1) is 0 Å². The highest BCUT2D eigenvalue weighted by atomic mass is 32.2. The molecule has 5 nitrogen and oxygen atoms in total. The van der Waals surface area contributed by atoms with Gasteiger partial charge in [0.2, 0.25) is 10.0 Å². The van der Waals surface area contributed by atoms with Crippen LogP contribution in [0.15, 0.2) is 23.4 Å². The fourth-order valence-electron chi connectivity index (χ4n) is 1.70. The van der Waals surface area contributed by atoms with Crippen LogP contribution in [0.1, 0.15) is 12.8 Å². The minimum Gasteiger partial charge on any atom is -0.298 e. The first-order valence-corrected chi connectivity index (χ1v) is 6.56. The van der Waals surface area contributed by atoms with E-state index in [1.165, 1.54) is 0 Å². The minimum absolute atomic E-state index is 0.121. The number of hydrogen-bond acceptors (Lipinski definition) is 4. The number of pyridine rings is 1. The van der Waals surface area contributed by atoms with Crippen molar-refractivity contribution in [3.05, 3.63) is 24.3 Å². The molecule has 0 unspecified atom stereocenters. The van der Waals surface area contributed by atoms with Gasteiger partial charge < -0.3 is 0 Å². The lowest BCUT2D eigenvalue weighted by Gasteiger charge is -2.24. The van der Waals surface area contributed by atoms with Crippen molar-refractivity contribution in [1.82, 2.24) is 9.29 Å². The lowest BCUT2D eigenvalue weighted by molar-refractivity contribution is -0.120. The molecule has 7 heteroatoms. The predicted octanol–water partition coefficient (Wildman–Crippen LogP) is 0.574. The predicted molar refractivity (Wildman–Crippen MR) is 57.2 cm³/mol. The van der Waals surface area contributed by atoms with Crippen molar-refractivity contribution in [3.63, 3.8) is 0 Å². The molecular formula is C10H11FN2O3S. The molecule has 1 fully saturated rings. The Morgan fingerprint density at radius 3 is 2.76 bits per heavy atom. The molecular weight excluding hydrogens is 247 g/mol. The molecule has 2 heterocycles. The number of nitrogens with zero attached hydrogens (tertiary/aromatic N) is 2. The molecule has 0 atom stereocenters. The molecule has 0 radical (unpaired) electrons. The van der Waals surface area contributed by atoms with E-state index in [1.807, 2.05) is 0 Å². The smallest absolute Gasteiger partial charge is 0.245 e. The summed E-state index contributed by atoms with van der Waals surface area (Å²) in [4.78, 5) is 14.5. The molecule has 92 valence electrons. The molecule has 1 aliphatic rings. The zero-order valence-corrected chi connectivity index (χ0v) is 9.78. The summed E-state index contributed by atoms with van der Waals surface area (Å²) in [5, 5.41) is 0. The number of piperidine rings is 1. The molecule has 0 aromatic carbocycles. The third-order valence-corrected chi connectivity index (χ3v) is 4.34. The third-order valence-electron chi connectivity index (χ3n) is 2.53. The topological polar surface area (TPSA) is 67.3 Å². The molecule has 1 aromatic heterocycles. The molecule has 0 amide bonds. The van der Waals surface area contributed by atoms with Crippen molar-refractivity contribution in [3.8, 4) is 0 Å². The number of halogens is 1. The van der Waals surface area contributed by atoms with Gasteiger partial charge in [-0.1, -0.05) is 0 Å². The Labute approximate surface area is 98.3 Å². The molecule has 0 saturated carbocycles. The number of hydrogen-bond donors (Lipinski definition) is 0. The van der Waals surface area contributed by atoms with Gasteiger partial charge in [-0.2, -0.15) is 4.31 Å². The van der Waals surface area contributed by atoms with E-state index in [0.29, 0.717) is 12.8 Å². The fourth-order valence-corrected chi connectivity index (χ4v) is 3.13. The zero-order chi connectivity index (χ0) is 12.5. The van der Waals surface area contributed by atoms with Gasteiger partial charge in [0.25, 0.3) is 0 Å². The van der Waals surface area contributed by atoms with Gasteiger partial charge in [0.15, 0.2) is 0 Å². The highest BCUT2D eigenvalue weighted by Crippen LogP contribution is 2.18. The Morgan fingerprint density at radius 2 is 2.12 bits per heavy atom. The molecule has 1 aromatic rings. The van der Waals surface area contributed by atoms with Gasteiger partial charge in [0, 0.05) is 19.2 Å². The maximum Gasteiger partial charge on any atom is 0.245 e. The van der Waals surface area contributed by atoms with E-state index in [9.17, 15) is 17.6 Å². The molecule has 0 bridgehead atoms. The van der Waals surface area contributed by atoms with E-state index in [0.717, 1.165) is 22.8 Å². The van der Waals surface area contributed by atoms with Crippen LogP contribution in [0.5, 0.6) is 0 Å². The second kappa shape index (κ2) is 4.50. The second-order valence-electron chi connectivity index (χ2n) is 3.82. The van der Waals surface area contributed by atoms with E-state index in [1.54, 1.807) is 0 Å². The van der Waals surface area contributed by atoms with Crippen LogP contribution in [0.4, 0.5) is 4.39 Å². The van der Waals surface area contributed by atoms with Crippen LogP contribution >= 0.6 is 0 Å². The summed E-state index contributed by atoms with van der Waals surface area (Å²) < 4.78 is 38.1. The number of carbonyl (C=O) groups excluding carboxylic acids is 1. The van der Waals surface area contributed by atoms with Gasteiger partial charge in [0.1, 0.15) is 16.5 Å². The summed E-state index contributed by atoms with van der Waals surface area (Å²) in [6, 6.07) is 0.904. The van der Waals surface area contributed by atoms with Crippen molar-refractivity contribution in [1.29, 1.82) is 0 Å². The second-order valence-corrected chi connectivity index (χ2v) is 5.76. The maximum absolute atomic E-state index is 12.9. The number of aromatic nitrogens is 1. The maximum atomic E-state index is 12.9. The highest BCUT2D eigenvalue weighted by Gasteiger charge is 2.29. The number of rotatable bonds is 2. The number of ketones is 1. The summed E-state index contributed by atoms with van der Waals surface area (Å²) in [6.45, 7) is 0.142. The van der Waals surface area contributed by atoms with Crippen LogP contribution in [0, 0.1) is 5.82 Å². The Balaban J connectivity index is 2.33. The van der Waals surface area contributed by atoms with Crippen molar-refractivity contribution in [2.75, 3.05) is 13.1 Å². The van der Waals surface area contributed by atoms with Crippen molar-refractivity contribution >= 4 is 15.8 Å². The number of sulfonamides is 1. The highest BCUT2D eigenvalue weighted by molar-refractivity contribution is 7.89. The average Bonchev–Trinajstić information content (AvgIpc) is 2.29. The Bertz CT molecular complexity index is 544. The van der Waals surface area contributed by atoms with Gasteiger partial charge in [0.05, 0.1) is 12.7 Å². The first-order chi connectivity index (χ1) is 8.00. The molecule has 0 N–H and O–H groups in total. The van der Waals surface area contributed by atoms with Crippen LogP contribution < -0.4 is 0 Å². The Hall–Kier alpha value is -1.34. The van der Waals surface area contributed by atoms with Crippen molar-refractivity contribution in [2.45, 2.75) is 17.7 Å². The largest absolute Gasteiger partial charge is 0.298 e. The monoisotopic (exact) mass is 258 g/mol. The Morgan fingerprint density at radius 1 is 1.35 bits per heavy atom. The van der Waals surface area contributed by atoms with Crippen LogP contribution in [0.3, 0.4) is 0 Å². The fraction of sp³-hybridized carbons (Fsp3) is 0.400. The zero-order valence-electron chi connectivity index (χ0n) is 8.97. The SMILES string of the molecule is O=C1CCCN(S(=O)(=O)c2cncc(F)c2)C1. The van der Waals surface area contributed by atoms with Crippen LogP contribution in [-0.4, -0.2) is 36.6 Å².